The first-order chi connectivity index (χ1) is 9.28. The quantitative estimate of drug-likeness (QED) is 0.834. The molecule has 1 saturated heterocycles. The molecule has 0 radical (unpaired) electrons. The molecule has 0 aliphatic carbocycles. The maximum Gasteiger partial charge on any atom is 0.241 e. The molecule has 1 heterocycles. The van der Waals surface area contributed by atoms with E-state index in [1.165, 1.54) is 0 Å². The minimum Gasteiger partial charge on any atom is -0.399 e. The molecule has 110 valence electrons. The average Bonchev–Trinajstić information content (AvgIpc) is 2.73. The summed E-state index contributed by atoms with van der Waals surface area (Å²) in [5.74, 6) is 0.0383. The monoisotopic (exact) mass is 275 g/mol. The van der Waals surface area contributed by atoms with E-state index in [-0.39, 0.29) is 11.9 Å². The van der Waals surface area contributed by atoms with Crippen molar-refractivity contribution < 1.29 is 4.79 Å². The number of nitrogen functional groups attached to an aromatic ring is 1. The molecule has 3 N–H and O–H groups in total. The summed E-state index contributed by atoms with van der Waals surface area (Å²) < 4.78 is 0. The molecular formula is C16H25N3O. The van der Waals surface area contributed by atoms with Gasteiger partial charge in [0.25, 0.3) is 0 Å². The van der Waals surface area contributed by atoms with Gasteiger partial charge in [0.15, 0.2) is 0 Å². The summed E-state index contributed by atoms with van der Waals surface area (Å²) in [5.41, 5.74) is 8.58. The predicted molar refractivity (Wildman–Crippen MR) is 83.7 cm³/mol. The van der Waals surface area contributed by atoms with Crippen LogP contribution in [-0.2, 0) is 4.79 Å². The Morgan fingerprint density at radius 2 is 2.15 bits per heavy atom. The molecule has 1 aromatic carbocycles. The van der Waals surface area contributed by atoms with Crippen molar-refractivity contribution in [2.45, 2.75) is 40.2 Å². The summed E-state index contributed by atoms with van der Waals surface area (Å²) in [6.45, 7) is 10.4. The highest BCUT2D eigenvalue weighted by atomic mass is 16.2. The van der Waals surface area contributed by atoms with Crippen molar-refractivity contribution in [3.63, 3.8) is 0 Å². The Balaban J connectivity index is 2.03. The van der Waals surface area contributed by atoms with Crippen LogP contribution in [0.15, 0.2) is 18.2 Å². The molecule has 1 atom stereocenters. The molecule has 1 fully saturated rings. The molecule has 0 saturated carbocycles. The molecule has 1 amide bonds. The van der Waals surface area contributed by atoms with E-state index in [1.54, 1.807) is 0 Å². The van der Waals surface area contributed by atoms with Crippen LogP contribution in [0.3, 0.4) is 0 Å². The van der Waals surface area contributed by atoms with Gasteiger partial charge in [-0.05, 0) is 49.9 Å². The van der Waals surface area contributed by atoms with Crippen LogP contribution in [0.4, 0.5) is 11.4 Å². The summed E-state index contributed by atoms with van der Waals surface area (Å²) in [6.07, 6.45) is 1.14. The van der Waals surface area contributed by atoms with E-state index in [0.29, 0.717) is 11.1 Å². The van der Waals surface area contributed by atoms with E-state index in [0.717, 1.165) is 30.8 Å². The van der Waals surface area contributed by atoms with Crippen molar-refractivity contribution in [3.8, 4) is 0 Å². The third kappa shape index (κ3) is 3.31. The Labute approximate surface area is 121 Å². The lowest BCUT2D eigenvalue weighted by Gasteiger charge is -2.25. The Bertz CT molecular complexity index is 510. The normalized spacial score (nSPS) is 19.8. The Morgan fingerprint density at radius 3 is 2.75 bits per heavy atom. The number of anilines is 2. The van der Waals surface area contributed by atoms with Gasteiger partial charge in [0, 0.05) is 17.9 Å². The molecule has 1 aromatic rings. The molecule has 4 heteroatoms. The van der Waals surface area contributed by atoms with Crippen molar-refractivity contribution in [2.75, 3.05) is 24.1 Å². The second-order valence-electron chi connectivity index (χ2n) is 6.62. The van der Waals surface area contributed by atoms with E-state index in [4.69, 9.17) is 5.73 Å². The number of carbonyl (C=O) groups is 1. The number of nitrogens with zero attached hydrogens (tertiary/aromatic N) is 1. The largest absolute Gasteiger partial charge is 0.399 e. The maximum absolute atomic E-state index is 12.4. The number of amides is 1. The smallest absolute Gasteiger partial charge is 0.241 e. The van der Waals surface area contributed by atoms with Crippen molar-refractivity contribution >= 4 is 17.3 Å². The number of likely N-dealkylation sites (tertiary alicyclic amines) is 1. The fourth-order valence-electron chi connectivity index (χ4n) is 2.66. The van der Waals surface area contributed by atoms with Gasteiger partial charge in [-0.25, -0.2) is 0 Å². The van der Waals surface area contributed by atoms with Crippen LogP contribution < -0.4 is 11.1 Å². The SMILES string of the molecule is Cc1ccc(N)cc1NC(=O)C(C)N1CCC(C)(C)C1. The Kier molecular flexibility index (Phi) is 4.04. The molecule has 1 aliphatic rings. The predicted octanol–water partition coefficient (Wildman–Crippen LogP) is 2.64. The molecule has 20 heavy (non-hydrogen) atoms. The first-order valence-electron chi connectivity index (χ1n) is 7.19. The fourth-order valence-corrected chi connectivity index (χ4v) is 2.66. The van der Waals surface area contributed by atoms with E-state index < -0.39 is 0 Å². The minimum absolute atomic E-state index is 0.0383. The van der Waals surface area contributed by atoms with Gasteiger partial charge in [-0.3, -0.25) is 9.69 Å². The van der Waals surface area contributed by atoms with E-state index >= 15 is 0 Å². The molecule has 1 aliphatic heterocycles. The van der Waals surface area contributed by atoms with Crippen LogP contribution in [0.2, 0.25) is 0 Å². The third-order valence-corrected chi connectivity index (χ3v) is 4.15. The van der Waals surface area contributed by atoms with Gasteiger partial charge < -0.3 is 11.1 Å². The lowest BCUT2D eigenvalue weighted by atomic mass is 9.93. The van der Waals surface area contributed by atoms with Crippen LogP contribution >= 0.6 is 0 Å². The molecule has 0 aromatic heterocycles. The van der Waals surface area contributed by atoms with E-state index in [9.17, 15) is 4.79 Å². The summed E-state index contributed by atoms with van der Waals surface area (Å²) in [7, 11) is 0. The van der Waals surface area contributed by atoms with Gasteiger partial charge in [-0.2, -0.15) is 0 Å². The van der Waals surface area contributed by atoms with Crippen LogP contribution in [0.1, 0.15) is 32.8 Å². The summed E-state index contributed by atoms with van der Waals surface area (Å²) in [6, 6.07) is 5.47. The van der Waals surface area contributed by atoms with Crippen LogP contribution in [-0.4, -0.2) is 29.9 Å². The zero-order chi connectivity index (χ0) is 14.9. The zero-order valence-electron chi connectivity index (χ0n) is 12.9. The van der Waals surface area contributed by atoms with Gasteiger partial charge in [0.2, 0.25) is 5.91 Å². The van der Waals surface area contributed by atoms with Crippen LogP contribution in [0.5, 0.6) is 0 Å². The number of rotatable bonds is 3. The van der Waals surface area contributed by atoms with Gasteiger partial charge in [0.05, 0.1) is 6.04 Å². The maximum atomic E-state index is 12.4. The second kappa shape index (κ2) is 5.44. The summed E-state index contributed by atoms with van der Waals surface area (Å²) in [4.78, 5) is 14.6. The first kappa shape index (κ1) is 14.9. The third-order valence-electron chi connectivity index (χ3n) is 4.15. The zero-order valence-corrected chi connectivity index (χ0v) is 12.9. The van der Waals surface area contributed by atoms with E-state index in [1.807, 2.05) is 32.0 Å². The highest BCUT2D eigenvalue weighted by Gasteiger charge is 2.34. The van der Waals surface area contributed by atoms with Crippen molar-refractivity contribution in [1.82, 2.24) is 4.90 Å². The molecule has 0 spiro atoms. The van der Waals surface area contributed by atoms with E-state index in [2.05, 4.69) is 24.1 Å². The van der Waals surface area contributed by atoms with Gasteiger partial charge in [-0.1, -0.05) is 19.9 Å². The number of nitrogens with two attached hydrogens (primary N) is 1. The minimum atomic E-state index is -0.113. The number of hydrogen-bond acceptors (Lipinski definition) is 3. The lowest BCUT2D eigenvalue weighted by Crippen LogP contribution is -2.41. The topological polar surface area (TPSA) is 58.4 Å². The van der Waals surface area contributed by atoms with Crippen molar-refractivity contribution in [1.29, 1.82) is 0 Å². The second-order valence-corrected chi connectivity index (χ2v) is 6.62. The molecule has 2 rings (SSSR count). The number of aryl methyl sites for hydroxylation is 1. The molecule has 4 nitrogen and oxygen atoms in total. The fraction of sp³-hybridized carbons (Fsp3) is 0.562. The number of nitrogens with one attached hydrogen (secondary N) is 1. The lowest BCUT2D eigenvalue weighted by molar-refractivity contribution is -0.120. The van der Waals surface area contributed by atoms with Gasteiger partial charge in [0.1, 0.15) is 0 Å². The standard InChI is InChI=1S/C16H25N3O/c1-11-5-6-13(17)9-14(11)18-15(20)12(2)19-8-7-16(3,4)10-19/h5-6,9,12H,7-8,10,17H2,1-4H3,(H,18,20). The van der Waals surface area contributed by atoms with Gasteiger partial charge in [-0.15, -0.1) is 0 Å². The van der Waals surface area contributed by atoms with Crippen LogP contribution in [0, 0.1) is 12.3 Å². The van der Waals surface area contributed by atoms with Crippen molar-refractivity contribution in [2.24, 2.45) is 5.41 Å². The number of benzene rings is 1. The number of carbonyl (C=O) groups excluding carboxylic acids is 1. The van der Waals surface area contributed by atoms with Gasteiger partial charge >= 0.3 is 0 Å². The van der Waals surface area contributed by atoms with Crippen LogP contribution in [0.25, 0.3) is 0 Å². The van der Waals surface area contributed by atoms with Crippen molar-refractivity contribution in [3.05, 3.63) is 23.8 Å². The molecule has 1 unspecified atom stereocenters. The molecule has 0 bridgehead atoms. The average molecular weight is 275 g/mol. The summed E-state index contributed by atoms with van der Waals surface area (Å²) >= 11 is 0. The number of hydrogen-bond donors (Lipinski definition) is 2. The Hall–Kier alpha value is -1.55. The highest BCUT2D eigenvalue weighted by Crippen LogP contribution is 2.30. The highest BCUT2D eigenvalue weighted by molar-refractivity contribution is 5.95. The Morgan fingerprint density at radius 1 is 1.45 bits per heavy atom. The first-order valence-corrected chi connectivity index (χ1v) is 7.19. The summed E-state index contributed by atoms with van der Waals surface area (Å²) in [5, 5.41) is 2.99. The molecular weight excluding hydrogens is 250 g/mol.